The number of carbonyl (C=O) groups excluding carboxylic acids is 1. The second-order valence-electron chi connectivity index (χ2n) is 6.63. The van der Waals surface area contributed by atoms with Gasteiger partial charge in [0.1, 0.15) is 6.10 Å². The summed E-state index contributed by atoms with van der Waals surface area (Å²) in [6, 6.07) is 0. The predicted molar refractivity (Wildman–Crippen MR) is 74.5 cm³/mol. The average molecular weight is 255 g/mol. The lowest BCUT2D eigenvalue weighted by molar-refractivity contribution is -0.135. The van der Waals surface area contributed by atoms with Crippen LogP contribution in [0.5, 0.6) is 0 Å². The van der Waals surface area contributed by atoms with Gasteiger partial charge in [0, 0.05) is 6.54 Å². The standard InChI is InChI=1S/C15H29NO2/c1-5-16-14(17)13(10-15(2,3)4)18-11-12-8-6-7-9-12/h12-13H,5-11H2,1-4H3,(H,16,17). The first-order valence-electron chi connectivity index (χ1n) is 7.31. The van der Waals surface area contributed by atoms with Crippen molar-refractivity contribution in [2.24, 2.45) is 11.3 Å². The molecule has 1 rings (SSSR count). The molecule has 0 spiro atoms. The van der Waals surface area contributed by atoms with Crippen LogP contribution in [0, 0.1) is 11.3 Å². The van der Waals surface area contributed by atoms with Crippen LogP contribution in [-0.2, 0) is 9.53 Å². The first kappa shape index (κ1) is 15.5. The van der Waals surface area contributed by atoms with E-state index >= 15 is 0 Å². The molecule has 3 heteroatoms. The molecule has 0 aromatic heterocycles. The predicted octanol–water partition coefficient (Wildman–Crippen LogP) is 3.13. The molecule has 1 amide bonds. The summed E-state index contributed by atoms with van der Waals surface area (Å²) >= 11 is 0. The van der Waals surface area contributed by atoms with Crippen molar-refractivity contribution in [2.45, 2.75) is 65.9 Å². The van der Waals surface area contributed by atoms with E-state index in [0.717, 1.165) is 13.0 Å². The zero-order valence-corrected chi connectivity index (χ0v) is 12.4. The fourth-order valence-electron chi connectivity index (χ4n) is 2.50. The summed E-state index contributed by atoms with van der Waals surface area (Å²) in [5.74, 6) is 0.715. The summed E-state index contributed by atoms with van der Waals surface area (Å²) in [5, 5.41) is 2.88. The molecule has 106 valence electrons. The maximum atomic E-state index is 12.0. The molecule has 3 nitrogen and oxygen atoms in total. The molecule has 1 aliphatic rings. The maximum absolute atomic E-state index is 12.0. The first-order chi connectivity index (χ1) is 8.42. The van der Waals surface area contributed by atoms with Crippen LogP contribution < -0.4 is 5.32 Å². The highest BCUT2D eigenvalue weighted by molar-refractivity contribution is 5.80. The fourth-order valence-corrected chi connectivity index (χ4v) is 2.50. The van der Waals surface area contributed by atoms with E-state index in [1.807, 2.05) is 6.92 Å². The Kier molecular flexibility index (Phi) is 6.13. The Balaban J connectivity index is 2.45. The van der Waals surface area contributed by atoms with Crippen molar-refractivity contribution in [1.29, 1.82) is 0 Å². The van der Waals surface area contributed by atoms with Gasteiger partial charge in [0.05, 0.1) is 6.61 Å². The van der Waals surface area contributed by atoms with E-state index in [9.17, 15) is 4.79 Å². The third-order valence-electron chi connectivity index (χ3n) is 3.45. The van der Waals surface area contributed by atoms with Crippen LogP contribution >= 0.6 is 0 Å². The zero-order valence-electron chi connectivity index (χ0n) is 12.4. The van der Waals surface area contributed by atoms with Crippen molar-refractivity contribution in [2.75, 3.05) is 13.2 Å². The highest BCUT2D eigenvalue weighted by Crippen LogP contribution is 2.27. The van der Waals surface area contributed by atoms with Gasteiger partial charge in [-0.05, 0) is 37.5 Å². The van der Waals surface area contributed by atoms with E-state index in [4.69, 9.17) is 4.74 Å². The molecule has 1 fully saturated rings. The van der Waals surface area contributed by atoms with Crippen LogP contribution in [0.3, 0.4) is 0 Å². The molecule has 1 unspecified atom stereocenters. The van der Waals surface area contributed by atoms with E-state index in [1.54, 1.807) is 0 Å². The quantitative estimate of drug-likeness (QED) is 0.792. The lowest BCUT2D eigenvalue weighted by Crippen LogP contribution is -2.39. The van der Waals surface area contributed by atoms with Crippen LogP contribution in [0.1, 0.15) is 59.8 Å². The van der Waals surface area contributed by atoms with Crippen molar-refractivity contribution < 1.29 is 9.53 Å². The largest absolute Gasteiger partial charge is 0.368 e. The summed E-state index contributed by atoms with van der Waals surface area (Å²) in [7, 11) is 0. The second-order valence-corrected chi connectivity index (χ2v) is 6.63. The average Bonchev–Trinajstić information content (AvgIpc) is 2.75. The minimum atomic E-state index is -0.287. The van der Waals surface area contributed by atoms with Crippen molar-refractivity contribution in [3.8, 4) is 0 Å². The number of hydrogen-bond donors (Lipinski definition) is 1. The number of ether oxygens (including phenoxy) is 1. The van der Waals surface area contributed by atoms with Gasteiger partial charge in [-0.1, -0.05) is 33.6 Å². The van der Waals surface area contributed by atoms with Crippen LogP contribution in [0.25, 0.3) is 0 Å². The summed E-state index contributed by atoms with van der Waals surface area (Å²) in [6.07, 6.45) is 5.66. The van der Waals surface area contributed by atoms with Gasteiger partial charge in [-0.2, -0.15) is 0 Å². The Labute approximate surface area is 112 Å². The topological polar surface area (TPSA) is 38.3 Å². The SMILES string of the molecule is CCNC(=O)C(CC(C)(C)C)OCC1CCCC1. The Morgan fingerprint density at radius 1 is 1.33 bits per heavy atom. The highest BCUT2D eigenvalue weighted by Gasteiger charge is 2.26. The molecular formula is C15H29NO2. The summed E-state index contributed by atoms with van der Waals surface area (Å²) in [4.78, 5) is 12.0. The highest BCUT2D eigenvalue weighted by atomic mass is 16.5. The van der Waals surface area contributed by atoms with Gasteiger partial charge in [0.25, 0.3) is 0 Å². The molecular weight excluding hydrogens is 226 g/mol. The molecule has 1 atom stereocenters. The van der Waals surface area contributed by atoms with E-state index in [-0.39, 0.29) is 17.4 Å². The molecule has 1 aliphatic carbocycles. The molecule has 1 N–H and O–H groups in total. The summed E-state index contributed by atoms with van der Waals surface area (Å²) < 4.78 is 5.90. The monoisotopic (exact) mass is 255 g/mol. The molecule has 0 aromatic carbocycles. The zero-order chi connectivity index (χ0) is 13.6. The number of likely N-dealkylation sites (N-methyl/N-ethyl adjacent to an activating group) is 1. The Morgan fingerprint density at radius 3 is 2.44 bits per heavy atom. The molecule has 0 heterocycles. The lowest BCUT2D eigenvalue weighted by atomic mass is 9.89. The lowest BCUT2D eigenvalue weighted by Gasteiger charge is -2.26. The molecule has 0 aromatic rings. The Morgan fingerprint density at radius 2 is 1.94 bits per heavy atom. The van der Waals surface area contributed by atoms with Crippen LogP contribution in [-0.4, -0.2) is 25.2 Å². The summed E-state index contributed by atoms with van der Waals surface area (Å²) in [5.41, 5.74) is 0.116. The van der Waals surface area contributed by atoms with Gasteiger partial charge in [0.15, 0.2) is 0 Å². The number of rotatable bonds is 6. The second kappa shape index (κ2) is 7.13. The van der Waals surface area contributed by atoms with Crippen LogP contribution in [0.4, 0.5) is 0 Å². The molecule has 0 aliphatic heterocycles. The van der Waals surface area contributed by atoms with Crippen molar-refractivity contribution >= 4 is 5.91 Å². The van der Waals surface area contributed by atoms with Crippen LogP contribution in [0.2, 0.25) is 0 Å². The van der Waals surface area contributed by atoms with Crippen molar-refractivity contribution in [1.82, 2.24) is 5.32 Å². The number of hydrogen-bond acceptors (Lipinski definition) is 2. The molecule has 18 heavy (non-hydrogen) atoms. The number of nitrogens with one attached hydrogen (secondary N) is 1. The minimum Gasteiger partial charge on any atom is -0.368 e. The first-order valence-corrected chi connectivity index (χ1v) is 7.31. The van der Waals surface area contributed by atoms with E-state index in [1.165, 1.54) is 25.7 Å². The normalized spacial score (nSPS) is 18.9. The van der Waals surface area contributed by atoms with Gasteiger partial charge >= 0.3 is 0 Å². The van der Waals surface area contributed by atoms with Gasteiger partial charge in [-0.15, -0.1) is 0 Å². The Hall–Kier alpha value is -0.570. The number of carbonyl (C=O) groups is 1. The van der Waals surface area contributed by atoms with Gasteiger partial charge in [-0.25, -0.2) is 0 Å². The fraction of sp³-hybridized carbons (Fsp3) is 0.933. The minimum absolute atomic E-state index is 0.0467. The van der Waals surface area contributed by atoms with E-state index in [0.29, 0.717) is 12.5 Å². The van der Waals surface area contributed by atoms with E-state index in [2.05, 4.69) is 26.1 Å². The third-order valence-corrected chi connectivity index (χ3v) is 3.45. The van der Waals surface area contributed by atoms with E-state index < -0.39 is 0 Å². The van der Waals surface area contributed by atoms with Crippen molar-refractivity contribution in [3.63, 3.8) is 0 Å². The number of amides is 1. The maximum Gasteiger partial charge on any atom is 0.249 e. The summed E-state index contributed by atoms with van der Waals surface area (Å²) in [6.45, 7) is 9.82. The smallest absolute Gasteiger partial charge is 0.249 e. The molecule has 0 radical (unpaired) electrons. The van der Waals surface area contributed by atoms with Gasteiger partial charge < -0.3 is 10.1 Å². The molecule has 0 bridgehead atoms. The molecule has 0 saturated heterocycles. The third kappa shape index (κ3) is 5.85. The van der Waals surface area contributed by atoms with Gasteiger partial charge in [0.2, 0.25) is 5.91 Å². The molecule has 1 saturated carbocycles. The van der Waals surface area contributed by atoms with Crippen LogP contribution in [0.15, 0.2) is 0 Å². The van der Waals surface area contributed by atoms with Gasteiger partial charge in [-0.3, -0.25) is 4.79 Å². The van der Waals surface area contributed by atoms with Crippen molar-refractivity contribution in [3.05, 3.63) is 0 Å². The Bertz CT molecular complexity index is 252.